The molecule has 96 valence electrons. The van der Waals surface area contributed by atoms with Crippen LogP contribution in [0.2, 0.25) is 0 Å². The summed E-state index contributed by atoms with van der Waals surface area (Å²) in [4.78, 5) is 4.02. The quantitative estimate of drug-likeness (QED) is 0.840. The smallest absolute Gasteiger partial charge is 0.315 e. The number of halogens is 1. The van der Waals surface area contributed by atoms with Crippen LogP contribution in [0.1, 0.15) is 23.8 Å². The van der Waals surface area contributed by atoms with Crippen LogP contribution in [0.4, 0.5) is 6.01 Å². The number of anilines is 1. The summed E-state index contributed by atoms with van der Waals surface area (Å²) in [6.45, 7) is 2.31. The number of hydrogen-bond acceptors (Lipinski definition) is 6. The number of pyridine rings is 1. The fourth-order valence-electron chi connectivity index (χ4n) is 1.32. The largest absolute Gasteiger partial charge is 0.481 e. The molecule has 0 amide bonds. The second-order valence-corrected chi connectivity index (χ2v) is 4.28. The molecule has 2 rings (SSSR count). The van der Waals surface area contributed by atoms with E-state index in [9.17, 15) is 0 Å². The number of aromatic nitrogens is 3. The second-order valence-electron chi connectivity index (χ2n) is 3.62. The lowest BCUT2D eigenvalue weighted by atomic mass is 10.2. The molecular weight excluding hydrogens is 256 g/mol. The van der Waals surface area contributed by atoms with Gasteiger partial charge in [0.25, 0.3) is 0 Å². The van der Waals surface area contributed by atoms with Crippen molar-refractivity contribution in [2.75, 3.05) is 12.4 Å². The zero-order valence-electron chi connectivity index (χ0n) is 10.1. The van der Waals surface area contributed by atoms with Crippen molar-refractivity contribution in [3.05, 3.63) is 29.8 Å². The minimum absolute atomic E-state index is 0.297. The van der Waals surface area contributed by atoms with Crippen LogP contribution in [0.3, 0.4) is 0 Å². The van der Waals surface area contributed by atoms with Crippen LogP contribution in [-0.2, 0) is 6.54 Å². The molecule has 0 radical (unpaired) electrons. The van der Waals surface area contributed by atoms with E-state index in [0.717, 1.165) is 5.56 Å². The summed E-state index contributed by atoms with van der Waals surface area (Å²) in [5.41, 5.74) is 1.00. The zero-order chi connectivity index (χ0) is 13.0. The van der Waals surface area contributed by atoms with Crippen molar-refractivity contribution < 1.29 is 9.15 Å². The highest BCUT2D eigenvalue weighted by atomic mass is 35.5. The van der Waals surface area contributed by atoms with Crippen molar-refractivity contribution in [2.24, 2.45) is 0 Å². The molecule has 0 saturated carbocycles. The molecule has 0 bridgehead atoms. The molecule has 7 heteroatoms. The Morgan fingerprint density at radius 2 is 2.33 bits per heavy atom. The number of ether oxygens (including phenoxy) is 1. The standard InChI is InChI=1S/C11H13ClN4O2/c1-7(12)10-15-16-11(18-10)14-6-8-3-4-13-9(5-8)17-2/h3-5,7H,6H2,1-2H3,(H,14,16). The van der Waals surface area contributed by atoms with E-state index in [2.05, 4.69) is 20.5 Å². The Morgan fingerprint density at radius 1 is 1.50 bits per heavy atom. The predicted octanol–water partition coefficient (Wildman–Crippen LogP) is 2.39. The Kier molecular flexibility index (Phi) is 3.99. The maximum absolute atomic E-state index is 5.82. The highest BCUT2D eigenvalue weighted by Gasteiger charge is 2.10. The fourth-order valence-corrected chi connectivity index (χ4v) is 1.40. The van der Waals surface area contributed by atoms with E-state index in [0.29, 0.717) is 24.3 Å². The van der Waals surface area contributed by atoms with Crippen LogP contribution in [0.15, 0.2) is 22.7 Å². The van der Waals surface area contributed by atoms with E-state index >= 15 is 0 Å². The second kappa shape index (κ2) is 5.68. The van der Waals surface area contributed by atoms with E-state index in [1.165, 1.54) is 0 Å². The van der Waals surface area contributed by atoms with E-state index in [1.807, 2.05) is 12.1 Å². The van der Waals surface area contributed by atoms with Crippen molar-refractivity contribution >= 4 is 17.6 Å². The van der Waals surface area contributed by atoms with Crippen molar-refractivity contribution in [3.8, 4) is 5.88 Å². The van der Waals surface area contributed by atoms with E-state index in [-0.39, 0.29) is 5.38 Å². The molecule has 0 aromatic carbocycles. The van der Waals surface area contributed by atoms with Gasteiger partial charge in [0, 0.05) is 18.8 Å². The number of alkyl halides is 1. The third kappa shape index (κ3) is 3.10. The highest BCUT2D eigenvalue weighted by molar-refractivity contribution is 6.20. The summed E-state index contributed by atoms with van der Waals surface area (Å²) >= 11 is 5.82. The summed E-state index contributed by atoms with van der Waals surface area (Å²) in [6, 6.07) is 4.04. The Hall–Kier alpha value is -1.82. The van der Waals surface area contributed by atoms with E-state index < -0.39 is 0 Å². The normalized spacial score (nSPS) is 12.2. The van der Waals surface area contributed by atoms with Crippen molar-refractivity contribution in [1.29, 1.82) is 0 Å². The third-order valence-electron chi connectivity index (χ3n) is 2.23. The first-order chi connectivity index (χ1) is 8.69. The first kappa shape index (κ1) is 12.6. The van der Waals surface area contributed by atoms with Crippen LogP contribution >= 0.6 is 11.6 Å². The summed E-state index contributed by atoms with van der Waals surface area (Å²) < 4.78 is 10.3. The average molecular weight is 269 g/mol. The summed E-state index contributed by atoms with van der Waals surface area (Å²) in [6.07, 6.45) is 1.68. The molecule has 18 heavy (non-hydrogen) atoms. The molecule has 6 nitrogen and oxygen atoms in total. The molecule has 0 aliphatic heterocycles. The van der Waals surface area contributed by atoms with Gasteiger partial charge in [0.15, 0.2) is 0 Å². The maximum atomic E-state index is 5.82. The molecule has 0 spiro atoms. The zero-order valence-corrected chi connectivity index (χ0v) is 10.8. The number of nitrogens with zero attached hydrogens (tertiary/aromatic N) is 3. The summed E-state index contributed by atoms with van der Waals surface area (Å²) in [5, 5.41) is 10.4. The van der Waals surface area contributed by atoms with Crippen molar-refractivity contribution in [2.45, 2.75) is 18.8 Å². The minimum Gasteiger partial charge on any atom is -0.481 e. The Balaban J connectivity index is 1.97. The van der Waals surface area contributed by atoms with Gasteiger partial charge in [0.05, 0.1) is 7.11 Å². The van der Waals surface area contributed by atoms with Gasteiger partial charge in [0.1, 0.15) is 5.38 Å². The molecule has 1 unspecified atom stereocenters. The Bertz CT molecular complexity index is 515. The van der Waals surface area contributed by atoms with Gasteiger partial charge in [-0.05, 0) is 18.6 Å². The van der Waals surface area contributed by atoms with Gasteiger partial charge in [-0.15, -0.1) is 16.7 Å². The average Bonchev–Trinajstić information content (AvgIpc) is 2.85. The SMILES string of the molecule is COc1cc(CNc2nnc(C(C)Cl)o2)ccn1. The minimum atomic E-state index is -0.297. The third-order valence-corrected chi connectivity index (χ3v) is 2.42. The molecule has 2 heterocycles. The molecule has 1 atom stereocenters. The van der Waals surface area contributed by atoms with Gasteiger partial charge in [-0.25, -0.2) is 4.98 Å². The van der Waals surface area contributed by atoms with Crippen LogP contribution < -0.4 is 10.1 Å². The lowest BCUT2D eigenvalue weighted by Crippen LogP contribution is -2.00. The van der Waals surface area contributed by atoms with Crippen LogP contribution in [0.25, 0.3) is 0 Å². The highest BCUT2D eigenvalue weighted by Crippen LogP contribution is 2.19. The van der Waals surface area contributed by atoms with Crippen molar-refractivity contribution in [3.63, 3.8) is 0 Å². The Morgan fingerprint density at radius 3 is 3.00 bits per heavy atom. The predicted molar refractivity (Wildman–Crippen MR) is 66.7 cm³/mol. The van der Waals surface area contributed by atoms with Crippen LogP contribution in [0, 0.1) is 0 Å². The molecule has 0 aliphatic carbocycles. The van der Waals surface area contributed by atoms with Gasteiger partial charge in [0.2, 0.25) is 11.8 Å². The van der Waals surface area contributed by atoms with Crippen LogP contribution in [0.5, 0.6) is 5.88 Å². The maximum Gasteiger partial charge on any atom is 0.315 e. The molecule has 2 aromatic rings. The fraction of sp³-hybridized carbons (Fsp3) is 0.364. The van der Waals surface area contributed by atoms with Gasteiger partial charge >= 0.3 is 6.01 Å². The molecule has 0 aliphatic rings. The van der Waals surface area contributed by atoms with E-state index in [1.54, 1.807) is 20.2 Å². The van der Waals surface area contributed by atoms with Crippen molar-refractivity contribution in [1.82, 2.24) is 15.2 Å². The van der Waals surface area contributed by atoms with Gasteiger partial charge < -0.3 is 14.5 Å². The number of methoxy groups -OCH3 is 1. The summed E-state index contributed by atoms with van der Waals surface area (Å²) in [7, 11) is 1.58. The van der Waals surface area contributed by atoms with Crippen LogP contribution in [-0.4, -0.2) is 22.3 Å². The lowest BCUT2D eigenvalue weighted by Gasteiger charge is -2.03. The molecule has 0 fully saturated rings. The van der Waals surface area contributed by atoms with E-state index in [4.69, 9.17) is 20.8 Å². The molecule has 2 aromatic heterocycles. The number of nitrogens with one attached hydrogen (secondary N) is 1. The molecule has 0 saturated heterocycles. The van der Waals surface area contributed by atoms with Gasteiger partial charge in [-0.1, -0.05) is 5.10 Å². The number of rotatable bonds is 5. The topological polar surface area (TPSA) is 73.1 Å². The first-order valence-electron chi connectivity index (χ1n) is 5.39. The molecule has 1 N–H and O–H groups in total. The van der Waals surface area contributed by atoms with Gasteiger partial charge in [-0.3, -0.25) is 0 Å². The Labute approximate surface area is 109 Å². The van der Waals surface area contributed by atoms with Gasteiger partial charge in [-0.2, -0.15) is 0 Å². The monoisotopic (exact) mass is 268 g/mol. The summed E-state index contributed by atoms with van der Waals surface area (Å²) in [5.74, 6) is 0.960. The number of hydrogen-bond donors (Lipinski definition) is 1. The lowest BCUT2D eigenvalue weighted by molar-refractivity contribution is 0.397. The molecular formula is C11H13ClN4O2. The first-order valence-corrected chi connectivity index (χ1v) is 5.83.